The molecular weight excluding hydrogens is 404 g/mol. The monoisotopic (exact) mass is 426 g/mol. The second kappa shape index (κ2) is 7.66. The summed E-state index contributed by atoms with van der Waals surface area (Å²) in [7, 11) is 1.93. The van der Waals surface area contributed by atoms with Crippen LogP contribution < -0.4 is 9.64 Å². The minimum Gasteiger partial charge on any atom is -0.439 e. The van der Waals surface area contributed by atoms with Crippen LogP contribution in [0.25, 0.3) is 0 Å². The van der Waals surface area contributed by atoms with Crippen LogP contribution in [-0.2, 0) is 6.18 Å². The van der Waals surface area contributed by atoms with Crippen LogP contribution >= 0.6 is 0 Å². The van der Waals surface area contributed by atoms with Crippen molar-refractivity contribution >= 4 is 5.95 Å². The molecule has 2 atom stereocenters. The molecule has 1 aromatic carbocycles. The molecule has 2 aromatic rings. The van der Waals surface area contributed by atoms with Crippen LogP contribution in [0.2, 0.25) is 0 Å². The average Bonchev–Trinajstić information content (AvgIpc) is 3.10. The number of rotatable bonds is 3. The normalized spacial score (nSPS) is 25.1. The van der Waals surface area contributed by atoms with Crippen molar-refractivity contribution < 1.29 is 27.4 Å². The van der Waals surface area contributed by atoms with E-state index in [9.17, 15) is 22.7 Å². The lowest BCUT2D eigenvalue weighted by atomic mass is 9.75. The maximum Gasteiger partial charge on any atom is 0.433 e. The molecule has 0 saturated carbocycles. The summed E-state index contributed by atoms with van der Waals surface area (Å²) in [6.07, 6.45) is -3.88. The number of hydrogen-bond acceptors (Lipinski definition) is 6. The Labute approximate surface area is 171 Å². The van der Waals surface area contributed by atoms with Gasteiger partial charge < -0.3 is 19.6 Å². The van der Waals surface area contributed by atoms with Gasteiger partial charge in [0.25, 0.3) is 0 Å². The molecule has 1 aromatic heterocycles. The highest BCUT2D eigenvalue weighted by Crippen LogP contribution is 2.42. The molecule has 2 aliphatic heterocycles. The number of piperidine rings is 1. The van der Waals surface area contributed by atoms with Crippen LogP contribution in [0, 0.1) is 11.2 Å². The van der Waals surface area contributed by atoms with Crippen LogP contribution in [0.3, 0.4) is 0 Å². The van der Waals surface area contributed by atoms with Crippen molar-refractivity contribution in [1.29, 1.82) is 0 Å². The van der Waals surface area contributed by atoms with Gasteiger partial charge in [0.1, 0.15) is 11.6 Å². The van der Waals surface area contributed by atoms with Gasteiger partial charge in [0.15, 0.2) is 5.69 Å². The molecule has 2 saturated heterocycles. The summed E-state index contributed by atoms with van der Waals surface area (Å²) in [6, 6.07) is 5.79. The van der Waals surface area contributed by atoms with Gasteiger partial charge >= 0.3 is 6.18 Å². The summed E-state index contributed by atoms with van der Waals surface area (Å²) in [5, 5.41) is 10.6. The van der Waals surface area contributed by atoms with E-state index in [-0.39, 0.29) is 17.6 Å². The van der Waals surface area contributed by atoms with Crippen molar-refractivity contribution in [2.24, 2.45) is 5.41 Å². The zero-order valence-corrected chi connectivity index (χ0v) is 16.4. The van der Waals surface area contributed by atoms with E-state index >= 15 is 0 Å². The summed E-state index contributed by atoms with van der Waals surface area (Å²) < 4.78 is 59.1. The molecule has 4 rings (SSSR count). The number of anilines is 1. The Morgan fingerprint density at radius 3 is 2.63 bits per heavy atom. The fourth-order valence-electron chi connectivity index (χ4n) is 4.11. The van der Waals surface area contributed by atoms with Crippen LogP contribution in [-0.4, -0.2) is 59.3 Å². The minimum absolute atomic E-state index is 0.0383. The Balaban J connectivity index is 1.63. The van der Waals surface area contributed by atoms with Crippen LogP contribution in [0.5, 0.6) is 11.6 Å². The molecule has 2 fully saturated rings. The molecule has 0 bridgehead atoms. The maximum atomic E-state index is 13.4. The Hall–Kier alpha value is -2.46. The smallest absolute Gasteiger partial charge is 0.433 e. The first-order valence-electron chi connectivity index (χ1n) is 9.66. The van der Waals surface area contributed by atoms with E-state index in [1.165, 1.54) is 18.2 Å². The molecule has 30 heavy (non-hydrogen) atoms. The second-order valence-electron chi connectivity index (χ2n) is 8.01. The summed E-state index contributed by atoms with van der Waals surface area (Å²) in [5.74, 6) is -0.964. The first-order chi connectivity index (χ1) is 14.1. The van der Waals surface area contributed by atoms with Gasteiger partial charge in [0, 0.05) is 37.2 Å². The predicted octanol–water partition coefficient (Wildman–Crippen LogP) is 3.32. The quantitative estimate of drug-likeness (QED) is 0.760. The number of likely N-dealkylation sites (tertiary alicyclic amines) is 1. The van der Waals surface area contributed by atoms with E-state index in [0.29, 0.717) is 32.1 Å². The lowest BCUT2D eigenvalue weighted by Gasteiger charge is -2.42. The number of likely N-dealkylation sites (N-methyl/N-ethyl adjacent to an activating group) is 1. The van der Waals surface area contributed by atoms with Crippen molar-refractivity contribution in [3.63, 3.8) is 0 Å². The predicted molar refractivity (Wildman–Crippen MR) is 101 cm³/mol. The molecule has 10 heteroatoms. The molecule has 0 amide bonds. The van der Waals surface area contributed by atoms with Crippen LogP contribution in [0.15, 0.2) is 30.3 Å². The number of β-amino-alcohol motifs (C(OH)–C–C–N with tert-alkyl or cyclic N) is 1. The highest BCUT2D eigenvalue weighted by molar-refractivity contribution is 5.39. The second-order valence-corrected chi connectivity index (χ2v) is 8.01. The fraction of sp³-hybridized carbons (Fsp3) is 0.500. The first-order valence-corrected chi connectivity index (χ1v) is 9.66. The van der Waals surface area contributed by atoms with Gasteiger partial charge in [-0.3, -0.25) is 0 Å². The molecular formula is C20H22F4N4O2. The Morgan fingerprint density at radius 1 is 1.17 bits per heavy atom. The number of aliphatic hydroxyl groups excluding tert-OH is 1. The van der Waals surface area contributed by atoms with E-state index in [1.54, 1.807) is 4.90 Å². The van der Waals surface area contributed by atoms with Gasteiger partial charge in [-0.25, -0.2) is 9.37 Å². The largest absolute Gasteiger partial charge is 0.439 e. The van der Waals surface area contributed by atoms with E-state index in [2.05, 4.69) is 9.97 Å². The summed E-state index contributed by atoms with van der Waals surface area (Å²) in [5.41, 5.74) is -1.53. The molecule has 6 nitrogen and oxygen atoms in total. The van der Waals surface area contributed by atoms with Crippen molar-refractivity contribution in [3.05, 3.63) is 41.8 Å². The number of ether oxygens (including phenoxy) is 1. The Morgan fingerprint density at radius 2 is 1.93 bits per heavy atom. The number of benzene rings is 1. The molecule has 162 valence electrons. The summed E-state index contributed by atoms with van der Waals surface area (Å²) in [4.78, 5) is 11.5. The SMILES string of the molecule is CN1CCC2(CCN(c3nc(Oc4cccc(F)c4)cc(C(F)(F)F)n3)C2)C(O)C1. The van der Waals surface area contributed by atoms with E-state index in [0.717, 1.165) is 19.0 Å². The third-order valence-corrected chi connectivity index (χ3v) is 5.85. The number of nitrogens with zero attached hydrogens (tertiary/aromatic N) is 4. The molecule has 1 spiro atoms. The highest BCUT2D eigenvalue weighted by Gasteiger charge is 2.47. The molecule has 0 radical (unpaired) electrons. The first kappa shape index (κ1) is 20.8. The molecule has 0 aliphatic carbocycles. The third-order valence-electron chi connectivity index (χ3n) is 5.85. The molecule has 2 unspecified atom stereocenters. The topological polar surface area (TPSA) is 61.7 Å². The number of hydrogen-bond donors (Lipinski definition) is 1. The van der Waals surface area contributed by atoms with Gasteiger partial charge in [0.05, 0.1) is 6.10 Å². The van der Waals surface area contributed by atoms with Gasteiger partial charge in [-0.2, -0.15) is 18.2 Å². The van der Waals surface area contributed by atoms with Crippen molar-refractivity contribution in [3.8, 4) is 11.6 Å². The van der Waals surface area contributed by atoms with E-state index < -0.39 is 29.2 Å². The molecule has 1 N–H and O–H groups in total. The number of halogens is 4. The standard InChI is InChI=1S/C20H22F4N4O2/c1-27-7-5-19(16(29)11-27)6-8-28(12-19)18-25-15(20(22,23)24)10-17(26-18)30-14-4-2-3-13(21)9-14/h2-4,9-10,16,29H,5-8,11-12H2,1H3. The molecule has 3 heterocycles. The Kier molecular flexibility index (Phi) is 5.31. The van der Waals surface area contributed by atoms with E-state index in [4.69, 9.17) is 4.74 Å². The third kappa shape index (κ3) is 4.20. The zero-order chi connectivity index (χ0) is 21.5. The lowest BCUT2D eigenvalue weighted by Crippen LogP contribution is -2.51. The summed E-state index contributed by atoms with van der Waals surface area (Å²) >= 11 is 0. The average molecular weight is 426 g/mol. The highest BCUT2D eigenvalue weighted by atomic mass is 19.4. The van der Waals surface area contributed by atoms with Crippen LogP contribution in [0.1, 0.15) is 18.5 Å². The van der Waals surface area contributed by atoms with Gasteiger partial charge in [-0.15, -0.1) is 0 Å². The lowest BCUT2D eigenvalue weighted by molar-refractivity contribution is -0.141. The van der Waals surface area contributed by atoms with Crippen molar-refractivity contribution in [2.45, 2.75) is 25.1 Å². The van der Waals surface area contributed by atoms with Gasteiger partial charge in [-0.05, 0) is 38.6 Å². The summed E-state index contributed by atoms with van der Waals surface area (Å²) in [6.45, 7) is 2.12. The maximum absolute atomic E-state index is 13.4. The van der Waals surface area contributed by atoms with Gasteiger partial charge in [-0.1, -0.05) is 6.07 Å². The number of aromatic nitrogens is 2. The van der Waals surface area contributed by atoms with Crippen LogP contribution in [0.4, 0.5) is 23.5 Å². The minimum atomic E-state index is -4.69. The van der Waals surface area contributed by atoms with Crippen molar-refractivity contribution in [2.75, 3.05) is 38.1 Å². The Bertz CT molecular complexity index is 926. The van der Waals surface area contributed by atoms with Gasteiger partial charge in [0.2, 0.25) is 11.8 Å². The number of alkyl halides is 3. The van der Waals surface area contributed by atoms with Crippen molar-refractivity contribution in [1.82, 2.24) is 14.9 Å². The fourth-order valence-corrected chi connectivity index (χ4v) is 4.11. The zero-order valence-electron chi connectivity index (χ0n) is 16.4. The van der Waals surface area contributed by atoms with E-state index in [1.807, 2.05) is 11.9 Å². The molecule has 2 aliphatic rings. The number of aliphatic hydroxyl groups is 1.